The summed E-state index contributed by atoms with van der Waals surface area (Å²) in [6.45, 7) is 4.16. The SMILES string of the molecule is CON=Cc1cccc(C)c1C. The smallest absolute Gasteiger partial charge is 0.106 e. The zero-order chi connectivity index (χ0) is 8.97. The predicted octanol–water partition coefficient (Wildman–Crippen LogP) is 2.28. The quantitative estimate of drug-likeness (QED) is 0.484. The van der Waals surface area contributed by atoms with Crippen molar-refractivity contribution >= 4 is 6.21 Å². The molecule has 2 nitrogen and oxygen atoms in total. The Hall–Kier alpha value is -1.31. The van der Waals surface area contributed by atoms with Crippen molar-refractivity contribution in [2.24, 2.45) is 5.16 Å². The summed E-state index contributed by atoms with van der Waals surface area (Å²) in [5.74, 6) is 0. The van der Waals surface area contributed by atoms with Crippen LogP contribution in [0.5, 0.6) is 0 Å². The average molecular weight is 163 g/mol. The fourth-order valence-electron chi connectivity index (χ4n) is 1.02. The maximum absolute atomic E-state index is 4.61. The third-order valence-electron chi connectivity index (χ3n) is 1.94. The van der Waals surface area contributed by atoms with E-state index in [1.54, 1.807) is 13.3 Å². The summed E-state index contributed by atoms with van der Waals surface area (Å²) in [4.78, 5) is 4.61. The summed E-state index contributed by atoms with van der Waals surface area (Å²) >= 11 is 0. The van der Waals surface area contributed by atoms with Crippen molar-refractivity contribution in [1.82, 2.24) is 0 Å². The van der Waals surface area contributed by atoms with Gasteiger partial charge in [-0.15, -0.1) is 0 Å². The molecule has 0 aliphatic carbocycles. The molecule has 0 saturated carbocycles. The highest BCUT2D eigenvalue weighted by Gasteiger charge is 1.96. The Morgan fingerprint density at radius 1 is 1.33 bits per heavy atom. The lowest BCUT2D eigenvalue weighted by Gasteiger charge is -2.01. The van der Waals surface area contributed by atoms with Gasteiger partial charge in [-0.25, -0.2) is 0 Å². The van der Waals surface area contributed by atoms with Crippen LogP contribution in [0.2, 0.25) is 0 Å². The van der Waals surface area contributed by atoms with Crippen LogP contribution in [0.15, 0.2) is 23.4 Å². The number of hydrogen-bond donors (Lipinski definition) is 0. The van der Waals surface area contributed by atoms with Crippen LogP contribution in [0.1, 0.15) is 16.7 Å². The van der Waals surface area contributed by atoms with Crippen molar-refractivity contribution in [3.8, 4) is 0 Å². The molecular weight excluding hydrogens is 150 g/mol. The summed E-state index contributed by atoms with van der Waals surface area (Å²) in [6.07, 6.45) is 1.72. The van der Waals surface area contributed by atoms with E-state index < -0.39 is 0 Å². The van der Waals surface area contributed by atoms with Crippen molar-refractivity contribution in [2.45, 2.75) is 13.8 Å². The third-order valence-corrected chi connectivity index (χ3v) is 1.94. The number of nitrogens with zero attached hydrogens (tertiary/aromatic N) is 1. The highest BCUT2D eigenvalue weighted by atomic mass is 16.6. The van der Waals surface area contributed by atoms with E-state index in [0.717, 1.165) is 5.56 Å². The third kappa shape index (κ3) is 1.84. The molecule has 64 valence electrons. The second-order valence-electron chi connectivity index (χ2n) is 2.71. The van der Waals surface area contributed by atoms with Crippen molar-refractivity contribution < 1.29 is 4.84 Å². The van der Waals surface area contributed by atoms with Gasteiger partial charge in [0.15, 0.2) is 0 Å². The Kier molecular flexibility index (Phi) is 2.86. The zero-order valence-electron chi connectivity index (χ0n) is 7.66. The van der Waals surface area contributed by atoms with Crippen LogP contribution in [0.25, 0.3) is 0 Å². The van der Waals surface area contributed by atoms with Crippen LogP contribution in [0.4, 0.5) is 0 Å². The molecule has 1 aromatic carbocycles. The molecular formula is C10H13NO. The molecule has 0 spiro atoms. The largest absolute Gasteiger partial charge is 0.399 e. The number of oxime groups is 1. The summed E-state index contributed by atoms with van der Waals surface area (Å²) in [6, 6.07) is 6.11. The summed E-state index contributed by atoms with van der Waals surface area (Å²) in [5.41, 5.74) is 3.63. The molecule has 1 aromatic rings. The van der Waals surface area contributed by atoms with Crippen LogP contribution in [-0.4, -0.2) is 13.3 Å². The van der Waals surface area contributed by atoms with Crippen LogP contribution >= 0.6 is 0 Å². The minimum Gasteiger partial charge on any atom is -0.399 e. The number of benzene rings is 1. The molecule has 0 atom stereocenters. The Balaban J connectivity index is 3.00. The molecule has 0 aliphatic rings. The van der Waals surface area contributed by atoms with Gasteiger partial charge in [0.25, 0.3) is 0 Å². The second-order valence-corrected chi connectivity index (χ2v) is 2.71. The van der Waals surface area contributed by atoms with Crippen molar-refractivity contribution in [3.05, 3.63) is 34.9 Å². The molecule has 1 rings (SSSR count). The predicted molar refractivity (Wildman–Crippen MR) is 50.5 cm³/mol. The number of hydrogen-bond acceptors (Lipinski definition) is 2. The molecule has 0 amide bonds. The van der Waals surface area contributed by atoms with Gasteiger partial charge in [0.2, 0.25) is 0 Å². The van der Waals surface area contributed by atoms with Crippen LogP contribution in [0, 0.1) is 13.8 Å². The fourth-order valence-corrected chi connectivity index (χ4v) is 1.02. The normalized spacial score (nSPS) is 10.6. The molecule has 0 N–H and O–H groups in total. The topological polar surface area (TPSA) is 21.6 Å². The van der Waals surface area contributed by atoms with Gasteiger partial charge in [-0.05, 0) is 30.5 Å². The first-order chi connectivity index (χ1) is 5.75. The Bertz CT molecular complexity index is 292. The highest BCUT2D eigenvalue weighted by molar-refractivity contribution is 5.81. The van der Waals surface area contributed by atoms with Crippen molar-refractivity contribution in [1.29, 1.82) is 0 Å². The molecule has 0 unspecified atom stereocenters. The van der Waals surface area contributed by atoms with E-state index in [-0.39, 0.29) is 0 Å². The first-order valence-corrected chi connectivity index (χ1v) is 3.88. The van der Waals surface area contributed by atoms with Crippen LogP contribution in [0.3, 0.4) is 0 Å². The van der Waals surface area contributed by atoms with Gasteiger partial charge in [0.1, 0.15) is 7.11 Å². The zero-order valence-corrected chi connectivity index (χ0v) is 7.66. The molecule has 0 radical (unpaired) electrons. The maximum Gasteiger partial charge on any atom is 0.106 e. The van der Waals surface area contributed by atoms with E-state index >= 15 is 0 Å². The maximum atomic E-state index is 4.61. The van der Waals surface area contributed by atoms with Crippen molar-refractivity contribution in [2.75, 3.05) is 7.11 Å². The monoisotopic (exact) mass is 163 g/mol. The van der Waals surface area contributed by atoms with Gasteiger partial charge < -0.3 is 4.84 Å². The molecule has 12 heavy (non-hydrogen) atoms. The molecule has 0 heterocycles. The average Bonchev–Trinajstić information content (AvgIpc) is 2.08. The molecule has 0 bridgehead atoms. The summed E-state index contributed by atoms with van der Waals surface area (Å²) < 4.78 is 0. The minimum absolute atomic E-state index is 1.11. The fraction of sp³-hybridized carbons (Fsp3) is 0.300. The Morgan fingerprint density at radius 3 is 2.75 bits per heavy atom. The molecule has 0 aromatic heterocycles. The van der Waals surface area contributed by atoms with Gasteiger partial charge in [0.05, 0.1) is 6.21 Å². The molecule has 2 heteroatoms. The number of rotatable bonds is 2. The lowest BCUT2D eigenvalue weighted by atomic mass is 10.0. The van der Waals surface area contributed by atoms with E-state index in [4.69, 9.17) is 0 Å². The van der Waals surface area contributed by atoms with E-state index in [0.29, 0.717) is 0 Å². The number of aryl methyl sites for hydroxylation is 1. The van der Waals surface area contributed by atoms with E-state index in [1.807, 2.05) is 12.1 Å². The molecule has 0 fully saturated rings. The van der Waals surface area contributed by atoms with E-state index in [2.05, 4.69) is 29.9 Å². The second kappa shape index (κ2) is 3.90. The van der Waals surface area contributed by atoms with Crippen molar-refractivity contribution in [3.63, 3.8) is 0 Å². The first-order valence-electron chi connectivity index (χ1n) is 3.88. The minimum atomic E-state index is 1.11. The van der Waals surface area contributed by atoms with E-state index in [9.17, 15) is 0 Å². The standard InChI is InChI=1S/C10H13NO/c1-8-5-4-6-10(9(8)2)7-11-12-3/h4-7H,1-3H3. The van der Waals surface area contributed by atoms with E-state index in [1.165, 1.54) is 11.1 Å². The first kappa shape index (κ1) is 8.78. The summed E-state index contributed by atoms with van der Waals surface area (Å²) in [5, 5.41) is 3.72. The van der Waals surface area contributed by atoms with Gasteiger partial charge in [-0.3, -0.25) is 0 Å². The van der Waals surface area contributed by atoms with Gasteiger partial charge >= 0.3 is 0 Å². The van der Waals surface area contributed by atoms with Gasteiger partial charge in [-0.2, -0.15) is 0 Å². The van der Waals surface area contributed by atoms with Crippen LogP contribution in [-0.2, 0) is 4.84 Å². The van der Waals surface area contributed by atoms with Gasteiger partial charge in [0, 0.05) is 0 Å². The summed E-state index contributed by atoms with van der Waals surface area (Å²) in [7, 11) is 1.54. The Morgan fingerprint density at radius 2 is 2.08 bits per heavy atom. The lowest BCUT2D eigenvalue weighted by molar-refractivity contribution is 0.215. The van der Waals surface area contributed by atoms with Crippen LogP contribution < -0.4 is 0 Å². The lowest BCUT2D eigenvalue weighted by Crippen LogP contribution is -1.89. The Labute approximate surface area is 72.9 Å². The molecule has 0 aliphatic heterocycles. The van der Waals surface area contributed by atoms with Gasteiger partial charge in [-0.1, -0.05) is 23.4 Å². The molecule has 0 saturated heterocycles. The highest BCUT2D eigenvalue weighted by Crippen LogP contribution is 2.10.